The minimum atomic E-state index is -0.815. The Hall–Kier alpha value is -1.42. The van der Waals surface area contributed by atoms with Crippen molar-refractivity contribution in [1.29, 1.82) is 0 Å². The van der Waals surface area contributed by atoms with E-state index >= 15 is 0 Å². The van der Waals surface area contributed by atoms with Crippen LogP contribution in [-0.2, 0) is 9.53 Å². The van der Waals surface area contributed by atoms with Crippen LogP contribution in [0.25, 0.3) is 0 Å². The fourth-order valence-electron chi connectivity index (χ4n) is 1.16. The maximum absolute atomic E-state index is 12.0. The first-order chi connectivity index (χ1) is 6.99. The van der Waals surface area contributed by atoms with Crippen LogP contribution in [-0.4, -0.2) is 30.6 Å². The highest BCUT2D eigenvalue weighted by Gasteiger charge is 2.30. The van der Waals surface area contributed by atoms with Gasteiger partial charge < -0.3 is 9.64 Å². The summed E-state index contributed by atoms with van der Waals surface area (Å²) in [6.07, 6.45) is 3.31. The van der Waals surface area contributed by atoms with Crippen molar-refractivity contribution < 1.29 is 9.53 Å². The van der Waals surface area contributed by atoms with Crippen molar-refractivity contribution in [3.05, 3.63) is 24.5 Å². The van der Waals surface area contributed by atoms with Crippen LogP contribution in [0.1, 0.15) is 13.8 Å². The second-order valence-electron chi connectivity index (χ2n) is 3.79. The third kappa shape index (κ3) is 2.53. The molecule has 1 amide bonds. The Balaban J connectivity index is 2.87. The topological polar surface area (TPSA) is 42.4 Å². The van der Waals surface area contributed by atoms with Crippen molar-refractivity contribution in [3.8, 4) is 0 Å². The lowest BCUT2D eigenvalue weighted by Gasteiger charge is -2.27. The highest BCUT2D eigenvalue weighted by Crippen LogP contribution is 2.17. The summed E-state index contributed by atoms with van der Waals surface area (Å²) in [6.45, 7) is 3.48. The number of methoxy groups -OCH3 is 1. The van der Waals surface area contributed by atoms with Gasteiger partial charge in [-0.3, -0.25) is 9.78 Å². The van der Waals surface area contributed by atoms with E-state index in [0.29, 0.717) is 0 Å². The predicted molar refractivity (Wildman–Crippen MR) is 58.7 cm³/mol. The van der Waals surface area contributed by atoms with Crippen molar-refractivity contribution in [3.63, 3.8) is 0 Å². The summed E-state index contributed by atoms with van der Waals surface area (Å²) in [5.74, 6) is -0.0991. The highest BCUT2D eigenvalue weighted by atomic mass is 16.5. The van der Waals surface area contributed by atoms with Crippen molar-refractivity contribution >= 4 is 11.6 Å². The van der Waals surface area contributed by atoms with Crippen LogP contribution in [0.2, 0.25) is 0 Å². The summed E-state index contributed by atoms with van der Waals surface area (Å²) in [4.78, 5) is 17.5. The fourth-order valence-corrected chi connectivity index (χ4v) is 1.16. The van der Waals surface area contributed by atoms with Crippen LogP contribution in [0.15, 0.2) is 24.5 Å². The molecule has 0 unspecified atom stereocenters. The zero-order valence-corrected chi connectivity index (χ0v) is 9.52. The molecular weight excluding hydrogens is 192 g/mol. The molecule has 0 saturated carbocycles. The van der Waals surface area contributed by atoms with Gasteiger partial charge in [-0.2, -0.15) is 0 Å². The SMILES string of the molecule is COC(C)(C)C(=O)N(C)c1cccnc1. The monoisotopic (exact) mass is 208 g/mol. The van der Waals surface area contributed by atoms with Gasteiger partial charge in [0.15, 0.2) is 0 Å². The Kier molecular flexibility index (Phi) is 3.42. The second-order valence-corrected chi connectivity index (χ2v) is 3.79. The summed E-state index contributed by atoms with van der Waals surface area (Å²) >= 11 is 0. The lowest BCUT2D eigenvalue weighted by atomic mass is 10.1. The number of amides is 1. The van der Waals surface area contributed by atoms with E-state index in [0.717, 1.165) is 5.69 Å². The molecular formula is C11H16N2O2. The van der Waals surface area contributed by atoms with Gasteiger partial charge in [-0.25, -0.2) is 0 Å². The number of hydrogen-bond acceptors (Lipinski definition) is 3. The first-order valence-corrected chi connectivity index (χ1v) is 4.72. The van der Waals surface area contributed by atoms with Gasteiger partial charge in [-0.15, -0.1) is 0 Å². The molecule has 1 aromatic rings. The molecule has 0 radical (unpaired) electrons. The largest absolute Gasteiger partial charge is 0.369 e. The molecule has 4 heteroatoms. The van der Waals surface area contributed by atoms with Crippen LogP contribution < -0.4 is 4.90 Å². The number of carbonyl (C=O) groups excluding carboxylic acids is 1. The van der Waals surface area contributed by atoms with Gasteiger partial charge in [0.1, 0.15) is 5.60 Å². The first kappa shape index (κ1) is 11.7. The molecule has 82 valence electrons. The number of hydrogen-bond donors (Lipinski definition) is 0. The van der Waals surface area contributed by atoms with Crippen LogP contribution in [0.5, 0.6) is 0 Å². The van der Waals surface area contributed by atoms with Gasteiger partial charge in [0.25, 0.3) is 5.91 Å². The molecule has 1 heterocycles. The molecule has 0 atom stereocenters. The quantitative estimate of drug-likeness (QED) is 0.755. The van der Waals surface area contributed by atoms with E-state index in [9.17, 15) is 4.79 Å². The Bertz CT molecular complexity index is 336. The highest BCUT2D eigenvalue weighted by molar-refractivity contribution is 5.98. The molecule has 0 aliphatic heterocycles. The van der Waals surface area contributed by atoms with Crippen molar-refractivity contribution in [2.24, 2.45) is 0 Å². The summed E-state index contributed by atoms with van der Waals surface area (Å²) in [7, 11) is 3.23. The van der Waals surface area contributed by atoms with Crippen LogP contribution in [0, 0.1) is 0 Å². The predicted octanol–water partition coefficient (Wildman–Crippen LogP) is 1.47. The number of carbonyl (C=O) groups is 1. The third-order valence-corrected chi connectivity index (χ3v) is 2.36. The van der Waals surface area contributed by atoms with Crippen molar-refractivity contribution in [1.82, 2.24) is 4.98 Å². The lowest BCUT2D eigenvalue weighted by Crippen LogP contribution is -2.44. The summed E-state index contributed by atoms with van der Waals surface area (Å²) in [6, 6.07) is 3.62. The van der Waals surface area contributed by atoms with E-state index in [-0.39, 0.29) is 5.91 Å². The number of ether oxygens (including phenoxy) is 1. The maximum atomic E-state index is 12.0. The number of pyridine rings is 1. The molecule has 0 spiro atoms. The second kappa shape index (κ2) is 4.40. The van der Waals surface area contributed by atoms with Gasteiger partial charge in [-0.05, 0) is 26.0 Å². The summed E-state index contributed by atoms with van der Waals surface area (Å²) in [5, 5.41) is 0. The van der Waals surface area contributed by atoms with E-state index in [2.05, 4.69) is 4.98 Å². The minimum absolute atomic E-state index is 0.0991. The molecule has 0 fully saturated rings. The first-order valence-electron chi connectivity index (χ1n) is 4.72. The third-order valence-electron chi connectivity index (χ3n) is 2.36. The van der Waals surface area contributed by atoms with Gasteiger partial charge in [-0.1, -0.05) is 0 Å². The summed E-state index contributed by atoms with van der Waals surface area (Å²) < 4.78 is 5.13. The standard InChI is InChI=1S/C11H16N2O2/c1-11(2,15-4)10(14)13(3)9-6-5-7-12-8-9/h5-8H,1-4H3. The van der Waals surface area contributed by atoms with E-state index in [1.807, 2.05) is 6.07 Å². The number of nitrogens with zero attached hydrogens (tertiary/aromatic N) is 2. The number of likely N-dealkylation sites (N-methyl/N-ethyl adjacent to an activating group) is 1. The van der Waals surface area contributed by atoms with E-state index in [4.69, 9.17) is 4.74 Å². The molecule has 0 aliphatic rings. The zero-order chi connectivity index (χ0) is 11.5. The van der Waals surface area contributed by atoms with E-state index in [1.165, 1.54) is 12.0 Å². The minimum Gasteiger partial charge on any atom is -0.369 e. The molecule has 0 N–H and O–H groups in total. The molecule has 1 rings (SSSR count). The number of rotatable bonds is 3. The summed E-state index contributed by atoms with van der Waals surface area (Å²) in [5.41, 5.74) is -0.0578. The molecule has 0 aliphatic carbocycles. The lowest BCUT2D eigenvalue weighted by molar-refractivity contribution is -0.136. The average Bonchev–Trinajstić information content (AvgIpc) is 2.28. The fraction of sp³-hybridized carbons (Fsp3) is 0.455. The zero-order valence-electron chi connectivity index (χ0n) is 9.52. The smallest absolute Gasteiger partial charge is 0.258 e. The van der Waals surface area contributed by atoms with Gasteiger partial charge in [0.2, 0.25) is 0 Å². The Morgan fingerprint density at radius 3 is 2.67 bits per heavy atom. The van der Waals surface area contributed by atoms with E-state index in [1.54, 1.807) is 39.4 Å². The number of anilines is 1. The molecule has 0 bridgehead atoms. The number of aromatic nitrogens is 1. The van der Waals surface area contributed by atoms with Crippen molar-refractivity contribution in [2.45, 2.75) is 19.4 Å². The normalized spacial score (nSPS) is 11.2. The molecule has 0 saturated heterocycles. The molecule has 4 nitrogen and oxygen atoms in total. The van der Waals surface area contributed by atoms with Gasteiger partial charge >= 0.3 is 0 Å². The van der Waals surface area contributed by atoms with Gasteiger partial charge in [0.05, 0.1) is 11.9 Å². The Morgan fingerprint density at radius 1 is 1.53 bits per heavy atom. The van der Waals surface area contributed by atoms with Crippen LogP contribution >= 0.6 is 0 Å². The Morgan fingerprint density at radius 2 is 2.20 bits per heavy atom. The average molecular weight is 208 g/mol. The van der Waals surface area contributed by atoms with Crippen LogP contribution in [0.4, 0.5) is 5.69 Å². The Labute approximate surface area is 89.9 Å². The molecule has 15 heavy (non-hydrogen) atoms. The van der Waals surface area contributed by atoms with Crippen molar-refractivity contribution in [2.75, 3.05) is 19.1 Å². The molecule has 0 aromatic carbocycles. The maximum Gasteiger partial charge on any atom is 0.258 e. The van der Waals surface area contributed by atoms with E-state index < -0.39 is 5.60 Å². The van der Waals surface area contributed by atoms with Crippen LogP contribution in [0.3, 0.4) is 0 Å². The molecule has 1 aromatic heterocycles. The van der Waals surface area contributed by atoms with Gasteiger partial charge in [0, 0.05) is 20.4 Å².